The van der Waals surface area contributed by atoms with Gasteiger partial charge in [-0.3, -0.25) is 0 Å². The SMILES string of the molecule is CCCCn1ccc2cc(I)ccc21. The Morgan fingerprint density at radius 3 is 2.93 bits per heavy atom. The first-order valence-corrected chi connectivity index (χ1v) is 6.13. The predicted octanol–water partition coefficient (Wildman–Crippen LogP) is 4.05. The van der Waals surface area contributed by atoms with Crippen molar-refractivity contribution in [3.05, 3.63) is 34.0 Å². The second kappa shape index (κ2) is 4.34. The molecule has 2 rings (SSSR count). The molecule has 2 aromatic rings. The molecule has 0 unspecified atom stereocenters. The highest BCUT2D eigenvalue weighted by atomic mass is 127. The van der Waals surface area contributed by atoms with Gasteiger partial charge in [-0.25, -0.2) is 0 Å². The number of benzene rings is 1. The molecule has 74 valence electrons. The van der Waals surface area contributed by atoms with Crippen LogP contribution < -0.4 is 0 Å². The Kier molecular flexibility index (Phi) is 3.11. The van der Waals surface area contributed by atoms with Crippen molar-refractivity contribution in [2.75, 3.05) is 0 Å². The minimum Gasteiger partial charge on any atom is -0.347 e. The van der Waals surface area contributed by atoms with Gasteiger partial charge in [0.05, 0.1) is 0 Å². The minimum absolute atomic E-state index is 1.14. The molecule has 2 heteroatoms. The van der Waals surface area contributed by atoms with Crippen molar-refractivity contribution in [3.63, 3.8) is 0 Å². The van der Waals surface area contributed by atoms with Crippen LogP contribution in [0.15, 0.2) is 30.5 Å². The molecule has 0 fully saturated rings. The fourth-order valence-electron chi connectivity index (χ4n) is 1.69. The molecule has 0 saturated carbocycles. The summed E-state index contributed by atoms with van der Waals surface area (Å²) < 4.78 is 3.65. The van der Waals surface area contributed by atoms with Gasteiger partial charge in [-0.05, 0) is 53.3 Å². The number of nitrogens with zero attached hydrogens (tertiary/aromatic N) is 1. The zero-order chi connectivity index (χ0) is 9.97. The highest BCUT2D eigenvalue weighted by Gasteiger charge is 2.00. The fourth-order valence-corrected chi connectivity index (χ4v) is 2.21. The summed E-state index contributed by atoms with van der Waals surface area (Å²) in [6.45, 7) is 3.37. The Morgan fingerprint density at radius 1 is 1.29 bits per heavy atom. The Balaban J connectivity index is 2.37. The standard InChI is InChI=1S/C12H14IN/c1-2-3-7-14-8-6-10-9-11(13)4-5-12(10)14/h4-6,8-9H,2-3,7H2,1H3. The Bertz CT molecular complexity index is 431. The van der Waals surface area contributed by atoms with Crippen molar-refractivity contribution in [2.45, 2.75) is 26.3 Å². The first-order chi connectivity index (χ1) is 6.81. The number of hydrogen-bond acceptors (Lipinski definition) is 0. The summed E-state index contributed by atoms with van der Waals surface area (Å²) in [5.74, 6) is 0. The van der Waals surface area contributed by atoms with Crippen molar-refractivity contribution in [1.82, 2.24) is 4.57 Å². The summed E-state index contributed by atoms with van der Waals surface area (Å²) in [5, 5.41) is 1.35. The zero-order valence-corrected chi connectivity index (χ0v) is 10.5. The van der Waals surface area contributed by atoms with E-state index in [2.05, 4.69) is 64.5 Å². The van der Waals surface area contributed by atoms with Crippen LogP contribution in [-0.4, -0.2) is 4.57 Å². The number of aryl methyl sites for hydroxylation is 1. The number of fused-ring (bicyclic) bond motifs is 1. The Morgan fingerprint density at radius 2 is 2.14 bits per heavy atom. The number of rotatable bonds is 3. The maximum atomic E-state index is 2.36. The summed E-state index contributed by atoms with van der Waals surface area (Å²) in [6.07, 6.45) is 4.70. The van der Waals surface area contributed by atoms with E-state index < -0.39 is 0 Å². The normalized spacial score (nSPS) is 11.0. The van der Waals surface area contributed by atoms with Gasteiger partial charge in [0.15, 0.2) is 0 Å². The van der Waals surface area contributed by atoms with Gasteiger partial charge in [-0.15, -0.1) is 0 Å². The van der Waals surface area contributed by atoms with E-state index in [-0.39, 0.29) is 0 Å². The van der Waals surface area contributed by atoms with Gasteiger partial charge in [0, 0.05) is 27.2 Å². The van der Waals surface area contributed by atoms with Crippen molar-refractivity contribution >= 4 is 33.5 Å². The van der Waals surface area contributed by atoms with E-state index in [1.165, 1.54) is 27.3 Å². The molecule has 0 aliphatic heterocycles. The third-order valence-electron chi connectivity index (χ3n) is 2.49. The first kappa shape index (κ1) is 10.0. The van der Waals surface area contributed by atoms with Crippen LogP contribution in [0.3, 0.4) is 0 Å². The van der Waals surface area contributed by atoms with Crippen LogP contribution in [0.1, 0.15) is 19.8 Å². The lowest BCUT2D eigenvalue weighted by Gasteiger charge is -2.03. The smallest absolute Gasteiger partial charge is 0.0480 e. The molecule has 0 amide bonds. The molecule has 0 N–H and O–H groups in total. The fraction of sp³-hybridized carbons (Fsp3) is 0.333. The van der Waals surface area contributed by atoms with E-state index in [1.807, 2.05) is 0 Å². The van der Waals surface area contributed by atoms with Gasteiger partial charge in [-0.1, -0.05) is 13.3 Å². The summed E-state index contributed by atoms with van der Waals surface area (Å²) in [6, 6.07) is 8.82. The monoisotopic (exact) mass is 299 g/mol. The highest BCUT2D eigenvalue weighted by molar-refractivity contribution is 14.1. The van der Waals surface area contributed by atoms with Gasteiger partial charge in [0.1, 0.15) is 0 Å². The second-order valence-corrected chi connectivity index (χ2v) is 4.81. The van der Waals surface area contributed by atoms with E-state index in [1.54, 1.807) is 0 Å². The highest BCUT2D eigenvalue weighted by Crippen LogP contribution is 2.19. The van der Waals surface area contributed by atoms with Crippen LogP contribution in [0.2, 0.25) is 0 Å². The van der Waals surface area contributed by atoms with E-state index in [4.69, 9.17) is 0 Å². The molecule has 0 aliphatic carbocycles. The number of halogens is 1. The van der Waals surface area contributed by atoms with Crippen molar-refractivity contribution < 1.29 is 0 Å². The average Bonchev–Trinajstić information content (AvgIpc) is 2.57. The van der Waals surface area contributed by atoms with Crippen LogP contribution in [0.4, 0.5) is 0 Å². The van der Waals surface area contributed by atoms with Gasteiger partial charge in [0.25, 0.3) is 0 Å². The molecule has 0 aliphatic rings. The van der Waals surface area contributed by atoms with Crippen LogP contribution >= 0.6 is 22.6 Å². The van der Waals surface area contributed by atoms with Gasteiger partial charge < -0.3 is 4.57 Å². The van der Waals surface area contributed by atoms with Crippen molar-refractivity contribution in [3.8, 4) is 0 Å². The quantitative estimate of drug-likeness (QED) is 0.754. The zero-order valence-electron chi connectivity index (χ0n) is 8.33. The van der Waals surface area contributed by atoms with Gasteiger partial charge in [0.2, 0.25) is 0 Å². The molecule has 0 spiro atoms. The van der Waals surface area contributed by atoms with Crippen LogP contribution in [0.5, 0.6) is 0 Å². The average molecular weight is 299 g/mol. The lowest BCUT2D eigenvalue weighted by atomic mass is 10.2. The van der Waals surface area contributed by atoms with Gasteiger partial charge >= 0.3 is 0 Å². The molecule has 1 aromatic carbocycles. The molecule has 0 saturated heterocycles. The summed E-state index contributed by atoms with van der Waals surface area (Å²) in [4.78, 5) is 0. The molecular weight excluding hydrogens is 285 g/mol. The van der Waals surface area contributed by atoms with Crippen molar-refractivity contribution in [1.29, 1.82) is 0 Å². The molecule has 1 heterocycles. The summed E-state index contributed by atoms with van der Waals surface area (Å²) in [5.41, 5.74) is 1.36. The van der Waals surface area contributed by atoms with Crippen LogP contribution in [0, 0.1) is 3.57 Å². The maximum absolute atomic E-state index is 2.36. The molecule has 0 radical (unpaired) electrons. The largest absolute Gasteiger partial charge is 0.347 e. The molecule has 14 heavy (non-hydrogen) atoms. The number of aromatic nitrogens is 1. The molecule has 0 atom stereocenters. The summed E-state index contributed by atoms with van der Waals surface area (Å²) in [7, 11) is 0. The molecular formula is C12H14IN. The Hall–Kier alpha value is -0.510. The predicted molar refractivity (Wildman–Crippen MR) is 69.6 cm³/mol. The third-order valence-corrected chi connectivity index (χ3v) is 3.16. The van der Waals surface area contributed by atoms with Gasteiger partial charge in [-0.2, -0.15) is 0 Å². The van der Waals surface area contributed by atoms with Crippen LogP contribution in [-0.2, 0) is 6.54 Å². The van der Waals surface area contributed by atoms with E-state index in [0.29, 0.717) is 0 Å². The summed E-state index contributed by atoms with van der Waals surface area (Å²) >= 11 is 2.36. The number of hydrogen-bond donors (Lipinski definition) is 0. The molecule has 1 nitrogen and oxygen atoms in total. The maximum Gasteiger partial charge on any atom is 0.0480 e. The second-order valence-electron chi connectivity index (χ2n) is 3.57. The third kappa shape index (κ3) is 1.95. The van der Waals surface area contributed by atoms with E-state index in [0.717, 1.165) is 6.54 Å². The topological polar surface area (TPSA) is 4.93 Å². The molecule has 0 bridgehead atoms. The minimum atomic E-state index is 1.14. The Labute approximate surface area is 98.3 Å². The number of unbranched alkanes of at least 4 members (excludes halogenated alkanes) is 1. The lowest BCUT2D eigenvalue weighted by Crippen LogP contribution is -1.94. The lowest BCUT2D eigenvalue weighted by molar-refractivity contribution is 0.650. The van der Waals surface area contributed by atoms with E-state index >= 15 is 0 Å². The van der Waals surface area contributed by atoms with Crippen molar-refractivity contribution in [2.24, 2.45) is 0 Å². The first-order valence-electron chi connectivity index (χ1n) is 5.05. The van der Waals surface area contributed by atoms with Crippen LogP contribution in [0.25, 0.3) is 10.9 Å². The van der Waals surface area contributed by atoms with E-state index in [9.17, 15) is 0 Å². The molecule has 1 aromatic heterocycles.